The minimum absolute atomic E-state index is 0.00496. The molecule has 3 amide bonds. The van der Waals surface area contributed by atoms with Gasteiger partial charge in [-0.1, -0.05) is 31.5 Å². The first-order valence-electron chi connectivity index (χ1n) is 13.0. The largest absolute Gasteiger partial charge is 0.497 e. The monoisotopic (exact) mass is 611 g/mol. The first-order chi connectivity index (χ1) is 20.0. The Morgan fingerprint density at radius 3 is 2.19 bits per heavy atom. The smallest absolute Gasteiger partial charge is 0.430 e. The quantitative estimate of drug-likeness (QED) is 0.224. The van der Waals surface area contributed by atoms with Crippen molar-refractivity contribution in [2.45, 2.75) is 56.7 Å². The zero-order chi connectivity index (χ0) is 31.8. The third kappa shape index (κ3) is 5.83. The summed E-state index contributed by atoms with van der Waals surface area (Å²) >= 11 is 0. The van der Waals surface area contributed by atoms with Gasteiger partial charge in [-0.15, -0.1) is 0 Å². The van der Waals surface area contributed by atoms with Gasteiger partial charge in [0.1, 0.15) is 22.8 Å². The van der Waals surface area contributed by atoms with Crippen LogP contribution in [0.1, 0.15) is 42.7 Å². The molecule has 1 atom stereocenters. The molecule has 0 aliphatic carbocycles. The Morgan fingerprint density at radius 1 is 0.953 bits per heavy atom. The van der Waals surface area contributed by atoms with E-state index in [4.69, 9.17) is 9.47 Å². The number of benzene rings is 2. The number of pyridine rings is 1. The van der Waals surface area contributed by atoms with Crippen LogP contribution in [0.4, 0.5) is 31.1 Å². The summed E-state index contributed by atoms with van der Waals surface area (Å²) in [5.74, 6) is 0.0760. The average molecular weight is 612 g/mol. The number of nitrogens with zero attached hydrogens (tertiary/aromatic N) is 2. The Kier molecular flexibility index (Phi) is 8.38. The number of nitrogens with one attached hydrogen (secondary N) is 1. The Labute approximate surface area is 242 Å². The maximum atomic E-state index is 13.4. The van der Waals surface area contributed by atoms with Crippen LogP contribution in [0.3, 0.4) is 0 Å². The van der Waals surface area contributed by atoms with Crippen LogP contribution in [0, 0.1) is 0 Å². The van der Waals surface area contributed by atoms with Gasteiger partial charge >= 0.3 is 18.4 Å². The predicted molar refractivity (Wildman–Crippen MR) is 140 cm³/mol. The molecule has 1 aliphatic rings. The van der Waals surface area contributed by atoms with Crippen molar-refractivity contribution in [3.05, 3.63) is 83.2 Å². The fourth-order valence-electron chi connectivity index (χ4n) is 4.71. The number of ether oxygens (including phenoxy) is 2. The first-order valence-corrected chi connectivity index (χ1v) is 13.0. The maximum absolute atomic E-state index is 13.4. The number of halogens is 6. The molecular formula is C29H27F6N3O5. The number of aliphatic hydroxyl groups is 1. The molecular weight excluding hydrogens is 584 g/mol. The van der Waals surface area contributed by atoms with Gasteiger partial charge in [-0.05, 0) is 54.8 Å². The summed E-state index contributed by atoms with van der Waals surface area (Å²) in [6.07, 6.45) is -10.4. The summed E-state index contributed by atoms with van der Waals surface area (Å²) in [5.41, 5.74) is -7.09. The molecule has 0 bridgehead atoms. The molecule has 1 unspecified atom stereocenters. The number of imide groups is 1. The molecule has 0 saturated carbocycles. The van der Waals surface area contributed by atoms with E-state index in [1.165, 1.54) is 25.4 Å². The van der Waals surface area contributed by atoms with Gasteiger partial charge in [-0.2, -0.15) is 26.3 Å². The third-order valence-electron chi connectivity index (χ3n) is 7.10. The van der Waals surface area contributed by atoms with Crippen molar-refractivity contribution in [2.24, 2.45) is 0 Å². The predicted octanol–water partition coefficient (Wildman–Crippen LogP) is 6.11. The number of alkyl halides is 6. The molecule has 4 rings (SSSR count). The number of hydrogen-bond donors (Lipinski definition) is 2. The number of carbonyl (C=O) groups excluding carboxylic acids is 2. The number of aryl methyl sites for hydroxylation is 1. The summed E-state index contributed by atoms with van der Waals surface area (Å²) in [5, 5.41) is 12.5. The topological polar surface area (TPSA) is 101 Å². The highest BCUT2D eigenvalue weighted by atomic mass is 19.4. The van der Waals surface area contributed by atoms with Crippen molar-refractivity contribution in [2.75, 3.05) is 7.11 Å². The molecule has 3 aromatic rings. The van der Waals surface area contributed by atoms with Crippen LogP contribution in [-0.2, 0) is 28.9 Å². The summed E-state index contributed by atoms with van der Waals surface area (Å²) < 4.78 is 91.5. The lowest BCUT2D eigenvalue weighted by Gasteiger charge is -2.33. The molecule has 1 saturated heterocycles. The fourth-order valence-corrected chi connectivity index (χ4v) is 4.71. The molecule has 2 N–H and O–H groups in total. The van der Waals surface area contributed by atoms with Crippen LogP contribution in [0.5, 0.6) is 17.2 Å². The van der Waals surface area contributed by atoms with Gasteiger partial charge in [0.25, 0.3) is 11.5 Å². The van der Waals surface area contributed by atoms with E-state index in [0.29, 0.717) is 29.9 Å². The highest BCUT2D eigenvalue weighted by Gasteiger charge is 2.71. The Hall–Kier alpha value is -4.33. The van der Waals surface area contributed by atoms with E-state index in [1.807, 2.05) is 0 Å². The molecule has 1 fully saturated rings. The molecule has 1 aromatic heterocycles. The third-order valence-corrected chi connectivity index (χ3v) is 7.10. The van der Waals surface area contributed by atoms with Crippen LogP contribution in [0.15, 0.2) is 60.8 Å². The zero-order valence-corrected chi connectivity index (χ0v) is 23.1. The second kappa shape index (κ2) is 11.4. The van der Waals surface area contributed by atoms with Crippen LogP contribution in [0.25, 0.3) is 0 Å². The lowest BCUT2D eigenvalue weighted by molar-refractivity contribution is -0.376. The SMILES string of the molecule is CCCc1cc(C(O)(C(F)(F)F)C(F)(F)F)ccc1Oc1ccnc(CN2C(=O)NC(C)(c3ccc(OC)cc3)C2=O)c1. The van der Waals surface area contributed by atoms with E-state index in [0.717, 1.165) is 11.0 Å². The summed E-state index contributed by atoms with van der Waals surface area (Å²) in [6.45, 7) is 2.97. The van der Waals surface area contributed by atoms with Crippen LogP contribution in [0.2, 0.25) is 0 Å². The van der Waals surface area contributed by atoms with Gasteiger partial charge in [0.2, 0.25) is 0 Å². The van der Waals surface area contributed by atoms with Crippen molar-refractivity contribution in [3.8, 4) is 17.2 Å². The van der Waals surface area contributed by atoms with E-state index in [-0.39, 0.29) is 35.7 Å². The number of aromatic nitrogens is 1. The van der Waals surface area contributed by atoms with Crippen molar-refractivity contribution in [1.29, 1.82) is 0 Å². The number of methoxy groups -OCH3 is 1. The Bertz CT molecular complexity index is 1500. The molecule has 8 nitrogen and oxygen atoms in total. The maximum Gasteiger partial charge on any atom is 0.430 e. The molecule has 14 heteroatoms. The van der Waals surface area contributed by atoms with E-state index < -0.39 is 41.0 Å². The first kappa shape index (κ1) is 31.6. The minimum atomic E-state index is -6.03. The highest BCUT2D eigenvalue weighted by molar-refractivity contribution is 6.07. The summed E-state index contributed by atoms with van der Waals surface area (Å²) in [6, 6.07) is 10.7. The van der Waals surface area contributed by atoms with E-state index in [1.54, 1.807) is 38.1 Å². The standard InChI is InChI=1S/C29H27F6N3O5/c1-4-5-17-14-19(27(41,28(30,31)32)29(33,34)35)8-11-23(17)43-22-12-13-36-20(15-22)16-38-24(39)26(2,37-25(38)40)18-6-9-21(42-3)10-7-18/h6-15,41H,4-5,16H2,1-3H3,(H,37,40). The number of carbonyl (C=O) groups is 2. The number of amides is 3. The van der Waals surface area contributed by atoms with Crippen molar-refractivity contribution in [3.63, 3.8) is 0 Å². The van der Waals surface area contributed by atoms with E-state index in [9.17, 15) is 41.0 Å². The van der Waals surface area contributed by atoms with Gasteiger partial charge in [-0.3, -0.25) is 14.7 Å². The zero-order valence-electron chi connectivity index (χ0n) is 23.1. The molecule has 0 spiro atoms. The normalized spacial score (nSPS) is 17.7. The molecule has 0 radical (unpaired) electrons. The summed E-state index contributed by atoms with van der Waals surface area (Å²) in [7, 11) is 1.49. The lowest BCUT2D eigenvalue weighted by Crippen LogP contribution is -2.53. The van der Waals surface area contributed by atoms with Crippen LogP contribution < -0.4 is 14.8 Å². The van der Waals surface area contributed by atoms with Gasteiger partial charge in [0.15, 0.2) is 0 Å². The van der Waals surface area contributed by atoms with Crippen molar-refractivity contribution >= 4 is 11.9 Å². The fraction of sp³-hybridized carbons (Fsp3) is 0.345. The highest BCUT2D eigenvalue weighted by Crippen LogP contribution is 2.50. The van der Waals surface area contributed by atoms with Gasteiger partial charge in [0.05, 0.1) is 19.3 Å². The summed E-state index contributed by atoms with van der Waals surface area (Å²) in [4.78, 5) is 31.2. The van der Waals surface area contributed by atoms with Crippen molar-refractivity contribution in [1.82, 2.24) is 15.2 Å². The Morgan fingerprint density at radius 2 is 1.60 bits per heavy atom. The number of urea groups is 1. The van der Waals surface area contributed by atoms with Gasteiger partial charge in [0, 0.05) is 17.8 Å². The second-order valence-corrected chi connectivity index (χ2v) is 10.0. The Balaban J connectivity index is 1.58. The minimum Gasteiger partial charge on any atom is -0.497 e. The number of rotatable bonds is 9. The van der Waals surface area contributed by atoms with Gasteiger partial charge < -0.3 is 19.9 Å². The molecule has 230 valence electrons. The van der Waals surface area contributed by atoms with E-state index in [2.05, 4.69) is 10.3 Å². The van der Waals surface area contributed by atoms with Crippen LogP contribution >= 0.6 is 0 Å². The number of hydrogen-bond acceptors (Lipinski definition) is 6. The van der Waals surface area contributed by atoms with Crippen LogP contribution in [-0.4, -0.2) is 46.4 Å². The molecule has 2 aromatic carbocycles. The average Bonchev–Trinajstić information content (AvgIpc) is 3.16. The second-order valence-electron chi connectivity index (χ2n) is 10.0. The molecule has 43 heavy (non-hydrogen) atoms. The molecule has 2 heterocycles. The van der Waals surface area contributed by atoms with Crippen molar-refractivity contribution < 1.29 is 50.5 Å². The van der Waals surface area contributed by atoms with Gasteiger partial charge in [-0.25, -0.2) is 4.79 Å². The van der Waals surface area contributed by atoms with E-state index >= 15 is 0 Å². The lowest BCUT2D eigenvalue weighted by atomic mass is 9.90. The molecule has 1 aliphatic heterocycles.